The Bertz CT molecular complexity index is 1380. The number of anilines is 1. The van der Waals surface area contributed by atoms with Crippen LogP contribution in [0.4, 0.5) is 5.82 Å². The lowest BCUT2D eigenvalue weighted by Gasteiger charge is -2.31. The van der Waals surface area contributed by atoms with Crippen molar-refractivity contribution in [2.75, 3.05) is 25.4 Å². The second-order valence-corrected chi connectivity index (χ2v) is 9.18. The normalized spacial score (nSPS) is 16.5. The van der Waals surface area contributed by atoms with E-state index in [9.17, 15) is 4.79 Å². The maximum Gasteiger partial charge on any atom is 0.209 e. The number of carbonyl (C=O) groups excluding carboxylic acids is 1. The fourth-order valence-corrected chi connectivity index (χ4v) is 4.77. The zero-order valence-electron chi connectivity index (χ0n) is 20.3. The van der Waals surface area contributed by atoms with Gasteiger partial charge in [-0.2, -0.15) is 14.7 Å². The number of carbonyl (C=O) groups is 1. The summed E-state index contributed by atoms with van der Waals surface area (Å²) in [5.41, 5.74) is 12.1. The molecule has 1 fully saturated rings. The van der Waals surface area contributed by atoms with Gasteiger partial charge in [-0.3, -0.25) is 9.48 Å². The minimum Gasteiger partial charge on any atom is -0.384 e. The molecule has 35 heavy (non-hydrogen) atoms. The van der Waals surface area contributed by atoms with E-state index in [4.69, 9.17) is 10.7 Å². The van der Waals surface area contributed by atoms with Crippen LogP contribution >= 0.6 is 0 Å². The van der Waals surface area contributed by atoms with Crippen LogP contribution in [0, 0.1) is 13.8 Å². The van der Waals surface area contributed by atoms with Crippen molar-refractivity contribution in [2.24, 2.45) is 7.05 Å². The minimum atomic E-state index is 0.261. The van der Waals surface area contributed by atoms with Gasteiger partial charge in [0.1, 0.15) is 17.3 Å². The molecule has 5 heterocycles. The van der Waals surface area contributed by atoms with Crippen LogP contribution in [0.3, 0.4) is 0 Å². The Morgan fingerprint density at radius 3 is 2.66 bits per heavy atom. The molecule has 3 aromatic rings. The van der Waals surface area contributed by atoms with Crippen molar-refractivity contribution < 1.29 is 4.79 Å². The molecule has 5 rings (SSSR count). The first-order valence-corrected chi connectivity index (χ1v) is 11.8. The first-order chi connectivity index (χ1) is 16.9. The number of allylic oxidation sites excluding steroid dienone is 2. The molecule has 2 aliphatic rings. The van der Waals surface area contributed by atoms with Crippen LogP contribution in [-0.4, -0.2) is 59.9 Å². The Hall–Kier alpha value is -4.08. The summed E-state index contributed by atoms with van der Waals surface area (Å²) in [5.74, 6) is 1.39. The highest BCUT2D eigenvalue weighted by Gasteiger charge is 2.21. The fourth-order valence-electron chi connectivity index (χ4n) is 4.77. The number of fused-ring (bicyclic) bond motifs is 1. The number of nitrogens with zero attached hydrogens (tertiary/aromatic N) is 7. The van der Waals surface area contributed by atoms with Crippen LogP contribution in [0.25, 0.3) is 16.9 Å². The Balaban J connectivity index is 1.59. The van der Waals surface area contributed by atoms with Crippen LogP contribution in [0.15, 0.2) is 42.9 Å². The van der Waals surface area contributed by atoms with Crippen molar-refractivity contribution in [3.05, 3.63) is 65.5 Å². The lowest BCUT2D eigenvalue weighted by atomic mass is 10.0. The van der Waals surface area contributed by atoms with Gasteiger partial charge in [0.2, 0.25) is 6.41 Å². The van der Waals surface area contributed by atoms with E-state index in [-0.39, 0.29) is 6.04 Å². The number of nitrogens with two attached hydrogens (primary N) is 1. The van der Waals surface area contributed by atoms with Crippen LogP contribution < -0.4 is 11.1 Å². The largest absolute Gasteiger partial charge is 0.384 e. The number of nitrogens with one attached hydrogen (secondary N) is 1. The number of nitrogen functional groups attached to an aromatic ring is 1. The summed E-state index contributed by atoms with van der Waals surface area (Å²) in [6.45, 7) is 6.17. The van der Waals surface area contributed by atoms with Gasteiger partial charge < -0.3 is 20.5 Å². The number of aromatic nitrogens is 6. The number of hydrogen-bond acceptors (Lipinski definition) is 6. The first-order valence-electron chi connectivity index (χ1n) is 11.8. The average molecular weight is 474 g/mol. The monoisotopic (exact) mass is 473 g/mol. The van der Waals surface area contributed by atoms with E-state index in [0.717, 1.165) is 66.3 Å². The number of amides is 1. The van der Waals surface area contributed by atoms with Crippen molar-refractivity contribution in [3.63, 3.8) is 0 Å². The van der Waals surface area contributed by atoms with E-state index in [0.29, 0.717) is 18.0 Å². The standard InChI is InChI=1S/C25H31N9O/c1-17-12-24(26)34-25(29-18(2)33(15-17)20-6-10-32(16-35)11-7-20)21(14-28-34)19-4-5-22(27-13-19)23-8-9-31(3)30-23/h4-5,8-9,12,14-16,20,27H,6-7,10-11,13,26H2,1-3H3. The molecule has 0 radical (unpaired) electrons. The van der Waals surface area contributed by atoms with Crippen molar-refractivity contribution >= 4 is 29.1 Å². The zero-order valence-corrected chi connectivity index (χ0v) is 20.3. The van der Waals surface area contributed by atoms with Crippen LogP contribution in [-0.2, 0) is 11.8 Å². The maximum absolute atomic E-state index is 11.2. The molecule has 0 atom stereocenters. The van der Waals surface area contributed by atoms with E-state index in [1.807, 2.05) is 56.4 Å². The molecular weight excluding hydrogens is 442 g/mol. The van der Waals surface area contributed by atoms with Gasteiger partial charge in [-0.05, 0) is 56.0 Å². The zero-order chi connectivity index (χ0) is 24.5. The summed E-state index contributed by atoms with van der Waals surface area (Å²) in [7, 11) is 1.91. The number of dihydropyridines is 1. The summed E-state index contributed by atoms with van der Waals surface area (Å²) in [5, 5.41) is 12.5. The van der Waals surface area contributed by atoms with Gasteiger partial charge in [0.05, 0.1) is 11.9 Å². The van der Waals surface area contributed by atoms with E-state index < -0.39 is 0 Å². The molecular formula is C25H31N9O. The average Bonchev–Trinajstić information content (AvgIpc) is 3.49. The Kier molecular flexibility index (Phi) is 6.02. The molecule has 0 aliphatic carbocycles. The summed E-state index contributed by atoms with van der Waals surface area (Å²) < 4.78 is 5.71. The van der Waals surface area contributed by atoms with E-state index in [1.54, 1.807) is 9.20 Å². The molecule has 3 N–H and O–H groups in total. The second-order valence-electron chi connectivity index (χ2n) is 9.18. The maximum atomic E-state index is 11.2. The van der Waals surface area contributed by atoms with Gasteiger partial charge >= 0.3 is 0 Å². The number of hydrogen-bond donors (Lipinski definition) is 2. The van der Waals surface area contributed by atoms with Crippen molar-refractivity contribution in [1.29, 1.82) is 0 Å². The minimum absolute atomic E-state index is 0.261. The molecule has 10 heteroatoms. The summed E-state index contributed by atoms with van der Waals surface area (Å²) >= 11 is 0. The molecule has 0 aromatic carbocycles. The predicted octanol–water partition coefficient (Wildman–Crippen LogP) is 2.41. The SMILES string of the molecule is Cc1cc(N)n2ncc(C3=CC=C(c4ccn(C)n4)NC3)c2nc(C)n(C2CCN(C=O)CC2)c1. The molecule has 0 unspecified atom stereocenters. The third-order valence-electron chi connectivity index (χ3n) is 6.65. The van der Waals surface area contributed by atoms with Gasteiger partial charge in [-0.25, -0.2) is 4.98 Å². The number of rotatable bonds is 4. The summed E-state index contributed by atoms with van der Waals surface area (Å²) in [4.78, 5) is 18.0. The molecule has 10 nitrogen and oxygen atoms in total. The van der Waals surface area contributed by atoms with Crippen LogP contribution in [0.1, 0.15) is 41.5 Å². The van der Waals surface area contributed by atoms with Crippen molar-refractivity contribution in [3.8, 4) is 0 Å². The highest BCUT2D eigenvalue weighted by atomic mass is 16.1. The van der Waals surface area contributed by atoms with Crippen LogP contribution in [0.2, 0.25) is 0 Å². The first kappa shape index (κ1) is 22.7. The van der Waals surface area contributed by atoms with Crippen molar-refractivity contribution in [2.45, 2.75) is 32.7 Å². The van der Waals surface area contributed by atoms with Crippen LogP contribution in [0.5, 0.6) is 0 Å². The van der Waals surface area contributed by atoms with E-state index in [2.05, 4.69) is 32.4 Å². The number of likely N-dealkylation sites (tertiary alicyclic amines) is 1. The lowest BCUT2D eigenvalue weighted by Crippen LogP contribution is -2.34. The molecule has 3 aromatic heterocycles. The third-order valence-corrected chi connectivity index (χ3v) is 6.65. The molecule has 1 amide bonds. The molecule has 0 spiro atoms. The third kappa shape index (κ3) is 4.51. The second kappa shape index (κ2) is 9.28. The highest BCUT2D eigenvalue weighted by molar-refractivity contribution is 5.82. The quantitative estimate of drug-likeness (QED) is 0.563. The predicted molar refractivity (Wildman–Crippen MR) is 136 cm³/mol. The molecule has 0 saturated carbocycles. The molecule has 182 valence electrons. The van der Waals surface area contributed by atoms with E-state index in [1.165, 1.54) is 0 Å². The Morgan fingerprint density at radius 2 is 2.00 bits per heavy atom. The smallest absolute Gasteiger partial charge is 0.209 e. The molecule has 2 aliphatic heterocycles. The summed E-state index contributed by atoms with van der Waals surface area (Å²) in [6.07, 6.45) is 12.7. The van der Waals surface area contributed by atoms with Gasteiger partial charge in [-0.1, -0.05) is 6.08 Å². The summed E-state index contributed by atoms with van der Waals surface area (Å²) in [6, 6.07) is 4.17. The fraction of sp³-hybridized carbons (Fsp3) is 0.360. The molecule has 0 bridgehead atoms. The van der Waals surface area contributed by atoms with Gasteiger partial charge in [0.25, 0.3) is 0 Å². The number of aryl methyl sites for hydroxylation is 3. The van der Waals surface area contributed by atoms with Gasteiger partial charge in [0.15, 0.2) is 5.65 Å². The van der Waals surface area contributed by atoms with E-state index >= 15 is 0 Å². The van der Waals surface area contributed by atoms with Crippen molar-refractivity contribution in [1.82, 2.24) is 39.2 Å². The Morgan fingerprint density at radius 1 is 1.20 bits per heavy atom. The number of piperidine rings is 1. The van der Waals surface area contributed by atoms with Gasteiger partial charge in [0, 0.05) is 50.7 Å². The van der Waals surface area contributed by atoms with Gasteiger partial charge in [-0.15, -0.1) is 0 Å². The Labute approximate surface area is 204 Å². The molecule has 1 saturated heterocycles. The highest BCUT2D eigenvalue weighted by Crippen LogP contribution is 2.26. The topological polar surface area (TPSA) is 111 Å². The lowest BCUT2D eigenvalue weighted by molar-refractivity contribution is -0.119.